The summed E-state index contributed by atoms with van der Waals surface area (Å²) in [7, 11) is 0. The van der Waals surface area contributed by atoms with Crippen LogP contribution in [0.2, 0.25) is 0 Å². The molecule has 2 aliphatic rings. The van der Waals surface area contributed by atoms with Gasteiger partial charge in [0.25, 0.3) is 0 Å². The monoisotopic (exact) mass is 409 g/mol. The zero-order valence-corrected chi connectivity index (χ0v) is 17.5. The fourth-order valence-electron chi connectivity index (χ4n) is 3.91. The Bertz CT molecular complexity index is 1020. The van der Waals surface area contributed by atoms with Crippen molar-refractivity contribution in [1.82, 2.24) is 24.6 Å². The normalized spacial score (nSPS) is 18.0. The van der Waals surface area contributed by atoms with Crippen LogP contribution in [0.4, 0.5) is 11.5 Å². The highest BCUT2D eigenvalue weighted by atomic mass is 16.5. The molecule has 0 amide bonds. The molecule has 30 heavy (non-hydrogen) atoms. The van der Waals surface area contributed by atoms with Gasteiger partial charge in [0.2, 0.25) is 0 Å². The summed E-state index contributed by atoms with van der Waals surface area (Å²) < 4.78 is 7.28. The van der Waals surface area contributed by atoms with Gasteiger partial charge in [0.1, 0.15) is 11.9 Å². The largest absolute Gasteiger partial charge is 0.386 e. The lowest BCUT2D eigenvalue weighted by Crippen LogP contribution is -2.39. The Balaban J connectivity index is 1.44. The molecule has 0 aliphatic carbocycles. The van der Waals surface area contributed by atoms with Crippen molar-refractivity contribution in [2.45, 2.75) is 32.8 Å². The Morgan fingerprint density at radius 3 is 2.57 bits per heavy atom. The number of nitrogens with zero attached hydrogens (tertiary/aromatic N) is 7. The second-order valence-electron chi connectivity index (χ2n) is 8.02. The molecule has 3 aromatic rings. The molecule has 5 rings (SSSR count). The van der Waals surface area contributed by atoms with E-state index in [1.54, 1.807) is 10.7 Å². The average Bonchev–Trinajstić information content (AvgIpc) is 3.15. The SMILES string of the molecule is Cc1ncc(C)n2nc(CC(O)c3cc(N4CCOCC4)cc(N4CCC4)n3)nc12. The Kier molecular flexibility index (Phi) is 5.00. The van der Waals surface area contributed by atoms with Crippen LogP contribution in [0.1, 0.15) is 35.4 Å². The smallest absolute Gasteiger partial charge is 0.177 e. The highest BCUT2D eigenvalue weighted by Crippen LogP contribution is 2.29. The minimum atomic E-state index is -0.781. The number of hydrogen-bond donors (Lipinski definition) is 1. The van der Waals surface area contributed by atoms with Crippen LogP contribution in [-0.4, -0.2) is 69.1 Å². The number of aliphatic hydroxyl groups excluding tert-OH is 1. The minimum absolute atomic E-state index is 0.305. The number of rotatable bonds is 5. The summed E-state index contributed by atoms with van der Waals surface area (Å²) in [6, 6.07) is 4.12. The van der Waals surface area contributed by atoms with Gasteiger partial charge in [-0.1, -0.05) is 0 Å². The number of aromatic nitrogens is 5. The van der Waals surface area contributed by atoms with E-state index in [2.05, 4.69) is 30.9 Å². The molecule has 0 spiro atoms. The molecule has 5 heterocycles. The van der Waals surface area contributed by atoms with Gasteiger partial charge in [-0.3, -0.25) is 4.98 Å². The zero-order valence-electron chi connectivity index (χ0n) is 17.5. The summed E-state index contributed by atoms with van der Waals surface area (Å²) in [5.74, 6) is 1.52. The zero-order chi connectivity index (χ0) is 20.7. The van der Waals surface area contributed by atoms with E-state index in [1.165, 1.54) is 6.42 Å². The maximum atomic E-state index is 11.0. The summed E-state index contributed by atoms with van der Waals surface area (Å²) in [6.07, 6.45) is 2.49. The summed E-state index contributed by atoms with van der Waals surface area (Å²) in [5, 5.41) is 15.6. The van der Waals surface area contributed by atoms with Gasteiger partial charge in [-0.05, 0) is 26.3 Å². The van der Waals surface area contributed by atoms with E-state index in [1.807, 2.05) is 19.9 Å². The first-order valence-corrected chi connectivity index (χ1v) is 10.5. The Morgan fingerprint density at radius 1 is 1.07 bits per heavy atom. The van der Waals surface area contributed by atoms with Crippen LogP contribution in [0.25, 0.3) is 5.65 Å². The number of morpholine rings is 1. The number of fused-ring (bicyclic) bond motifs is 1. The van der Waals surface area contributed by atoms with Gasteiger partial charge in [-0.15, -0.1) is 0 Å². The fourth-order valence-corrected chi connectivity index (χ4v) is 3.91. The molecule has 158 valence electrons. The Morgan fingerprint density at radius 2 is 1.87 bits per heavy atom. The average molecular weight is 409 g/mol. The standard InChI is InChI=1S/C21H27N7O2/c1-14-13-22-15(2)21-24-19(25-28(14)21)12-18(29)17-10-16(26-6-8-30-9-7-26)11-20(23-17)27-4-3-5-27/h10-11,13,18,29H,3-9,12H2,1-2H3. The molecule has 0 radical (unpaired) electrons. The van der Waals surface area contributed by atoms with E-state index in [0.29, 0.717) is 17.9 Å². The van der Waals surface area contributed by atoms with E-state index in [0.717, 1.165) is 67.9 Å². The third kappa shape index (κ3) is 3.59. The van der Waals surface area contributed by atoms with Crippen molar-refractivity contribution in [1.29, 1.82) is 0 Å². The summed E-state index contributed by atoms with van der Waals surface area (Å²) in [4.78, 5) is 18.3. The third-order valence-corrected chi connectivity index (χ3v) is 5.84. The van der Waals surface area contributed by atoms with E-state index in [9.17, 15) is 5.11 Å². The second kappa shape index (κ2) is 7.81. The summed E-state index contributed by atoms with van der Waals surface area (Å²) >= 11 is 0. The molecule has 2 fully saturated rings. The lowest BCUT2D eigenvalue weighted by molar-refractivity contribution is 0.122. The van der Waals surface area contributed by atoms with Crippen LogP contribution in [0.15, 0.2) is 18.3 Å². The van der Waals surface area contributed by atoms with Crippen LogP contribution in [0, 0.1) is 13.8 Å². The molecule has 9 heteroatoms. The van der Waals surface area contributed by atoms with Gasteiger partial charge in [-0.2, -0.15) is 5.10 Å². The van der Waals surface area contributed by atoms with Gasteiger partial charge in [0.05, 0.1) is 30.3 Å². The molecule has 0 bridgehead atoms. The molecule has 2 saturated heterocycles. The van der Waals surface area contributed by atoms with E-state index in [4.69, 9.17) is 9.72 Å². The lowest BCUT2D eigenvalue weighted by atomic mass is 10.1. The van der Waals surface area contributed by atoms with Crippen LogP contribution in [0.3, 0.4) is 0 Å². The first kappa shape index (κ1) is 19.2. The quantitative estimate of drug-likeness (QED) is 0.677. The molecule has 9 nitrogen and oxygen atoms in total. The maximum absolute atomic E-state index is 11.0. The van der Waals surface area contributed by atoms with Gasteiger partial charge in [0, 0.05) is 50.6 Å². The lowest BCUT2D eigenvalue weighted by Gasteiger charge is -2.35. The van der Waals surface area contributed by atoms with E-state index >= 15 is 0 Å². The van der Waals surface area contributed by atoms with Crippen LogP contribution in [0.5, 0.6) is 0 Å². The molecular formula is C21H27N7O2. The Hall–Kier alpha value is -2.78. The van der Waals surface area contributed by atoms with E-state index < -0.39 is 6.10 Å². The summed E-state index contributed by atoms with van der Waals surface area (Å²) in [6.45, 7) is 9.01. The topological polar surface area (TPSA) is 91.9 Å². The van der Waals surface area contributed by atoms with Gasteiger partial charge < -0.3 is 19.6 Å². The maximum Gasteiger partial charge on any atom is 0.177 e. The molecule has 2 aliphatic heterocycles. The van der Waals surface area contributed by atoms with Crippen LogP contribution in [-0.2, 0) is 11.2 Å². The first-order chi connectivity index (χ1) is 14.6. The van der Waals surface area contributed by atoms with Gasteiger partial charge >= 0.3 is 0 Å². The highest BCUT2D eigenvalue weighted by Gasteiger charge is 2.23. The third-order valence-electron chi connectivity index (χ3n) is 5.84. The number of aryl methyl sites for hydroxylation is 2. The molecule has 0 aromatic carbocycles. The van der Waals surface area contributed by atoms with Crippen molar-refractivity contribution in [3.8, 4) is 0 Å². The molecule has 1 N–H and O–H groups in total. The predicted molar refractivity (Wildman–Crippen MR) is 113 cm³/mol. The van der Waals surface area contributed by atoms with Crippen molar-refractivity contribution in [2.24, 2.45) is 0 Å². The number of ether oxygens (including phenoxy) is 1. The van der Waals surface area contributed by atoms with Crippen molar-refractivity contribution >= 4 is 17.2 Å². The summed E-state index contributed by atoms with van der Waals surface area (Å²) in [5.41, 5.74) is 4.21. The minimum Gasteiger partial charge on any atom is -0.386 e. The molecule has 0 saturated carbocycles. The fraction of sp³-hybridized carbons (Fsp3) is 0.524. The van der Waals surface area contributed by atoms with Crippen LogP contribution >= 0.6 is 0 Å². The number of pyridine rings is 1. The first-order valence-electron chi connectivity index (χ1n) is 10.5. The van der Waals surface area contributed by atoms with Gasteiger partial charge in [0.15, 0.2) is 11.5 Å². The number of hydrogen-bond acceptors (Lipinski definition) is 8. The number of anilines is 2. The Labute approximate surface area is 175 Å². The van der Waals surface area contributed by atoms with Crippen molar-refractivity contribution in [3.05, 3.63) is 41.2 Å². The second-order valence-corrected chi connectivity index (χ2v) is 8.02. The molecule has 3 aromatic heterocycles. The number of aliphatic hydroxyl groups is 1. The predicted octanol–water partition coefficient (Wildman–Crippen LogP) is 1.46. The van der Waals surface area contributed by atoms with Crippen molar-refractivity contribution in [3.63, 3.8) is 0 Å². The van der Waals surface area contributed by atoms with Crippen molar-refractivity contribution < 1.29 is 9.84 Å². The highest BCUT2D eigenvalue weighted by molar-refractivity contribution is 5.58. The van der Waals surface area contributed by atoms with Crippen LogP contribution < -0.4 is 9.80 Å². The molecule has 1 unspecified atom stereocenters. The molecular weight excluding hydrogens is 382 g/mol. The molecule has 1 atom stereocenters. The van der Waals surface area contributed by atoms with E-state index in [-0.39, 0.29) is 0 Å². The van der Waals surface area contributed by atoms with Gasteiger partial charge in [-0.25, -0.2) is 14.5 Å². The van der Waals surface area contributed by atoms with Crippen molar-refractivity contribution in [2.75, 3.05) is 49.2 Å².